The number of phenolic OH excluding ortho intramolecular Hbond substituents is 1. The fourth-order valence-electron chi connectivity index (χ4n) is 3.88. The topological polar surface area (TPSA) is 32.7 Å². The molecule has 3 aromatic rings. The van der Waals surface area contributed by atoms with Crippen LogP contribution in [0.3, 0.4) is 0 Å². The molecule has 0 aliphatic carbocycles. The Kier molecular flexibility index (Phi) is 8.13. The molecule has 3 rings (SSSR count). The smallest absolute Gasteiger partial charge is 0.119 e. The Balaban J connectivity index is 1.95. The zero-order valence-electron chi connectivity index (χ0n) is 19.9. The minimum atomic E-state index is 0.0568. The van der Waals surface area contributed by atoms with Crippen LogP contribution in [-0.4, -0.2) is 37.3 Å². The maximum absolute atomic E-state index is 9.83. The number of benzene rings is 3. The van der Waals surface area contributed by atoms with E-state index < -0.39 is 0 Å². The summed E-state index contributed by atoms with van der Waals surface area (Å²) < 4.78 is 5.89. The van der Waals surface area contributed by atoms with E-state index in [4.69, 9.17) is 4.74 Å². The minimum absolute atomic E-state index is 0.0568. The van der Waals surface area contributed by atoms with E-state index >= 15 is 0 Å². The number of allylic oxidation sites excluding steroid dienone is 2. The van der Waals surface area contributed by atoms with Crippen LogP contribution in [0.15, 0.2) is 78.9 Å². The summed E-state index contributed by atoms with van der Waals surface area (Å²) in [6, 6.07) is 24.8. The molecule has 1 unspecified atom stereocenters. The van der Waals surface area contributed by atoms with E-state index in [2.05, 4.69) is 68.1 Å². The van der Waals surface area contributed by atoms with E-state index in [0.29, 0.717) is 12.5 Å². The normalized spacial score (nSPS) is 12.9. The predicted molar refractivity (Wildman–Crippen MR) is 135 cm³/mol. The molecule has 0 bridgehead atoms. The predicted octanol–water partition coefficient (Wildman–Crippen LogP) is 6.69. The van der Waals surface area contributed by atoms with E-state index in [9.17, 15) is 5.11 Å². The molecular weight excluding hydrogens is 394 g/mol. The highest BCUT2D eigenvalue weighted by Crippen LogP contribution is 2.39. The standard InChI is InChI=1S/C29H35NO2/c1-6-28(23-9-7-22(8-10-23)21(2)3)29(24-11-15-26(31)16-12-24)25-13-17-27(18-14-25)32-20-19-30(4)5/h6-18,21,29,31H,19-20H2,1-5H3. The zero-order valence-corrected chi connectivity index (χ0v) is 19.9. The molecule has 3 heteroatoms. The first-order valence-electron chi connectivity index (χ1n) is 11.3. The van der Waals surface area contributed by atoms with Crippen LogP contribution < -0.4 is 4.74 Å². The molecular formula is C29H35NO2. The van der Waals surface area contributed by atoms with Gasteiger partial charge in [-0.3, -0.25) is 0 Å². The average Bonchev–Trinajstić information content (AvgIpc) is 2.79. The summed E-state index contributed by atoms with van der Waals surface area (Å²) in [6.07, 6.45) is 2.20. The number of ether oxygens (including phenoxy) is 1. The van der Waals surface area contributed by atoms with Gasteiger partial charge in [-0.2, -0.15) is 0 Å². The van der Waals surface area contributed by atoms with Gasteiger partial charge in [-0.1, -0.05) is 68.5 Å². The Morgan fingerprint density at radius 2 is 1.38 bits per heavy atom. The Morgan fingerprint density at radius 3 is 1.88 bits per heavy atom. The van der Waals surface area contributed by atoms with Crippen LogP contribution in [0.25, 0.3) is 5.57 Å². The van der Waals surface area contributed by atoms with Crippen molar-refractivity contribution in [3.63, 3.8) is 0 Å². The molecule has 0 heterocycles. The molecule has 0 aliphatic rings. The van der Waals surface area contributed by atoms with Crippen LogP contribution in [0, 0.1) is 0 Å². The van der Waals surface area contributed by atoms with Gasteiger partial charge in [0.05, 0.1) is 0 Å². The SMILES string of the molecule is CC=C(c1ccc(C(C)C)cc1)C(c1ccc(O)cc1)c1ccc(OCCN(C)C)cc1. The van der Waals surface area contributed by atoms with Gasteiger partial charge in [-0.25, -0.2) is 0 Å². The Morgan fingerprint density at radius 1 is 0.844 bits per heavy atom. The van der Waals surface area contributed by atoms with Gasteiger partial charge in [0.2, 0.25) is 0 Å². The van der Waals surface area contributed by atoms with Gasteiger partial charge in [-0.15, -0.1) is 0 Å². The molecule has 0 saturated heterocycles. The summed E-state index contributed by atoms with van der Waals surface area (Å²) in [6.45, 7) is 8.07. The summed E-state index contributed by atoms with van der Waals surface area (Å²) in [4.78, 5) is 2.11. The van der Waals surface area contributed by atoms with Crippen LogP contribution in [-0.2, 0) is 0 Å². The Hall–Kier alpha value is -3.04. The van der Waals surface area contributed by atoms with Gasteiger partial charge in [0.1, 0.15) is 18.1 Å². The maximum atomic E-state index is 9.83. The van der Waals surface area contributed by atoms with Crippen molar-refractivity contribution < 1.29 is 9.84 Å². The van der Waals surface area contributed by atoms with Crippen LogP contribution in [0.4, 0.5) is 0 Å². The Labute approximate surface area is 193 Å². The number of nitrogens with zero attached hydrogens (tertiary/aromatic N) is 1. The molecule has 0 aliphatic heterocycles. The van der Waals surface area contributed by atoms with Crippen molar-refractivity contribution in [2.45, 2.75) is 32.6 Å². The van der Waals surface area contributed by atoms with Gasteiger partial charge in [-0.05, 0) is 79.0 Å². The highest BCUT2D eigenvalue weighted by molar-refractivity contribution is 5.75. The maximum Gasteiger partial charge on any atom is 0.119 e. The second kappa shape index (κ2) is 11.0. The van der Waals surface area contributed by atoms with Crippen molar-refractivity contribution in [3.8, 4) is 11.5 Å². The largest absolute Gasteiger partial charge is 0.508 e. The molecule has 32 heavy (non-hydrogen) atoms. The first-order valence-corrected chi connectivity index (χ1v) is 11.3. The molecule has 3 nitrogen and oxygen atoms in total. The van der Waals surface area contributed by atoms with Crippen molar-refractivity contribution in [3.05, 3.63) is 101 Å². The Bertz CT molecular complexity index is 1000. The zero-order chi connectivity index (χ0) is 23.1. The van der Waals surface area contributed by atoms with E-state index in [1.807, 2.05) is 38.4 Å². The van der Waals surface area contributed by atoms with Crippen LogP contribution in [0.2, 0.25) is 0 Å². The summed E-state index contributed by atoms with van der Waals surface area (Å²) in [5.41, 5.74) is 6.12. The van der Waals surface area contributed by atoms with Crippen LogP contribution in [0.5, 0.6) is 11.5 Å². The van der Waals surface area contributed by atoms with Crippen molar-refractivity contribution in [1.29, 1.82) is 0 Å². The van der Waals surface area contributed by atoms with E-state index in [0.717, 1.165) is 17.9 Å². The fourth-order valence-corrected chi connectivity index (χ4v) is 3.88. The second-order valence-corrected chi connectivity index (χ2v) is 8.77. The third kappa shape index (κ3) is 6.02. The summed E-state index contributed by atoms with van der Waals surface area (Å²) in [5.74, 6) is 1.72. The number of phenols is 1. The minimum Gasteiger partial charge on any atom is -0.508 e. The second-order valence-electron chi connectivity index (χ2n) is 8.77. The van der Waals surface area contributed by atoms with Crippen molar-refractivity contribution in [2.24, 2.45) is 0 Å². The number of aromatic hydroxyl groups is 1. The van der Waals surface area contributed by atoms with Gasteiger partial charge < -0.3 is 14.7 Å². The van der Waals surface area contributed by atoms with Crippen LogP contribution >= 0.6 is 0 Å². The van der Waals surface area contributed by atoms with Crippen molar-refractivity contribution >= 4 is 5.57 Å². The lowest BCUT2D eigenvalue weighted by Crippen LogP contribution is -2.19. The quantitative estimate of drug-likeness (QED) is 0.411. The first kappa shape index (κ1) is 23.6. The third-order valence-electron chi connectivity index (χ3n) is 5.78. The molecule has 0 radical (unpaired) electrons. The average molecular weight is 430 g/mol. The highest BCUT2D eigenvalue weighted by Gasteiger charge is 2.20. The molecule has 0 saturated carbocycles. The molecule has 0 fully saturated rings. The van der Waals surface area contributed by atoms with Gasteiger partial charge in [0.15, 0.2) is 0 Å². The summed E-state index contributed by atoms with van der Waals surface area (Å²) >= 11 is 0. The number of rotatable bonds is 9. The van der Waals surface area contributed by atoms with E-state index in [-0.39, 0.29) is 11.7 Å². The fraction of sp³-hybridized carbons (Fsp3) is 0.310. The lowest BCUT2D eigenvalue weighted by Gasteiger charge is -2.23. The number of hydrogen-bond acceptors (Lipinski definition) is 3. The number of hydrogen-bond donors (Lipinski definition) is 1. The van der Waals surface area contributed by atoms with Crippen molar-refractivity contribution in [2.75, 3.05) is 27.2 Å². The highest BCUT2D eigenvalue weighted by atomic mass is 16.5. The molecule has 0 spiro atoms. The molecule has 3 aromatic carbocycles. The lowest BCUT2D eigenvalue weighted by atomic mass is 9.81. The molecule has 0 amide bonds. The van der Waals surface area contributed by atoms with Gasteiger partial charge >= 0.3 is 0 Å². The molecule has 1 N–H and O–H groups in total. The van der Waals surface area contributed by atoms with E-state index in [1.54, 1.807) is 12.1 Å². The third-order valence-corrected chi connectivity index (χ3v) is 5.78. The van der Waals surface area contributed by atoms with Crippen molar-refractivity contribution in [1.82, 2.24) is 4.90 Å². The van der Waals surface area contributed by atoms with Gasteiger partial charge in [0, 0.05) is 12.5 Å². The summed E-state index contributed by atoms with van der Waals surface area (Å²) in [5, 5.41) is 9.83. The lowest BCUT2D eigenvalue weighted by molar-refractivity contribution is 0.261. The molecule has 168 valence electrons. The van der Waals surface area contributed by atoms with Gasteiger partial charge in [0.25, 0.3) is 0 Å². The monoisotopic (exact) mass is 429 g/mol. The van der Waals surface area contributed by atoms with Crippen LogP contribution in [0.1, 0.15) is 54.9 Å². The van der Waals surface area contributed by atoms with E-state index in [1.165, 1.54) is 22.3 Å². The number of likely N-dealkylation sites (N-methyl/N-ethyl adjacent to an activating group) is 1. The summed E-state index contributed by atoms with van der Waals surface area (Å²) in [7, 11) is 4.09. The molecule has 0 aromatic heterocycles. The molecule has 1 atom stereocenters. The first-order chi connectivity index (χ1) is 15.4.